The highest BCUT2D eigenvalue weighted by Crippen LogP contribution is 2.35. The van der Waals surface area contributed by atoms with Crippen molar-refractivity contribution in [2.75, 3.05) is 18.0 Å². The monoisotopic (exact) mass is 395 g/mol. The first kappa shape index (κ1) is 19.4. The number of hydrogen-bond acceptors (Lipinski definition) is 4. The Morgan fingerprint density at radius 1 is 1.00 bits per heavy atom. The average molecular weight is 395 g/mol. The SMILES string of the molecule is O=C(CCN1C(=O)[C@H]2CC=CC[C@@H]2C1=O)NCc1ccc(N2CCCC2=O)cc1. The van der Waals surface area contributed by atoms with Crippen molar-refractivity contribution in [2.45, 2.75) is 38.6 Å². The molecule has 152 valence electrons. The summed E-state index contributed by atoms with van der Waals surface area (Å²) in [7, 11) is 0. The molecule has 1 aliphatic carbocycles. The second kappa shape index (κ2) is 8.19. The normalized spacial score (nSPS) is 23.7. The molecule has 4 rings (SSSR count). The van der Waals surface area contributed by atoms with E-state index in [2.05, 4.69) is 5.32 Å². The molecule has 2 atom stereocenters. The molecule has 0 bridgehead atoms. The zero-order chi connectivity index (χ0) is 20.4. The van der Waals surface area contributed by atoms with E-state index in [0.29, 0.717) is 25.8 Å². The van der Waals surface area contributed by atoms with Crippen LogP contribution in [0.25, 0.3) is 0 Å². The van der Waals surface area contributed by atoms with Crippen LogP contribution in [0, 0.1) is 11.8 Å². The Balaban J connectivity index is 1.25. The standard InChI is InChI=1S/C22H25N3O4/c26-19(11-13-25-21(28)17-4-1-2-5-18(17)22(25)29)23-14-15-7-9-16(10-8-15)24-12-3-6-20(24)27/h1-2,7-10,17-18H,3-6,11-14H2,(H,23,26)/t17-,18-/m0/s1. The number of hydrogen-bond donors (Lipinski definition) is 1. The quantitative estimate of drug-likeness (QED) is 0.588. The fourth-order valence-electron chi connectivity index (χ4n) is 4.31. The van der Waals surface area contributed by atoms with Gasteiger partial charge in [-0.2, -0.15) is 0 Å². The number of nitrogens with one attached hydrogen (secondary N) is 1. The summed E-state index contributed by atoms with van der Waals surface area (Å²) in [5.74, 6) is -0.855. The van der Waals surface area contributed by atoms with Gasteiger partial charge in [0.2, 0.25) is 23.6 Å². The fraction of sp³-hybridized carbons (Fsp3) is 0.455. The maximum absolute atomic E-state index is 12.4. The molecule has 0 saturated carbocycles. The van der Waals surface area contributed by atoms with E-state index in [-0.39, 0.29) is 48.4 Å². The number of carbonyl (C=O) groups excluding carboxylic acids is 4. The summed E-state index contributed by atoms with van der Waals surface area (Å²) in [5.41, 5.74) is 1.81. The second-order valence-electron chi connectivity index (χ2n) is 7.83. The number of imide groups is 1. The van der Waals surface area contributed by atoms with Gasteiger partial charge in [0.05, 0.1) is 11.8 Å². The van der Waals surface area contributed by atoms with E-state index < -0.39 is 0 Å². The predicted octanol–water partition coefficient (Wildman–Crippen LogP) is 1.77. The molecule has 2 aliphatic heterocycles. The third-order valence-electron chi connectivity index (χ3n) is 5.97. The Bertz CT molecular complexity index is 835. The highest BCUT2D eigenvalue weighted by Gasteiger charge is 2.46. The van der Waals surface area contributed by atoms with Crippen LogP contribution in [0.3, 0.4) is 0 Å². The molecule has 0 unspecified atom stereocenters. The summed E-state index contributed by atoms with van der Waals surface area (Å²) in [6.45, 7) is 1.25. The predicted molar refractivity (Wildman–Crippen MR) is 107 cm³/mol. The first-order valence-electron chi connectivity index (χ1n) is 10.2. The van der Waals surface area contributed by atoms with E-state index in [9.17, 15) is 19.2 Å². The van der Waals surface area contributed by atoms with Crippen LogP contribution in [0.15, 0.2) is 36.4 Å². The van der Waals surface area contributed by atoms with Gasteiger partial charge in [0.1, 0.15) is 0 Å². The van der Waals surface area contributed by atoms with E-state index in [0.717, 1.165) is 24.2 Å². The van der Waals surface area contributed by atoms with Crippen molar-refractivity contribution in [3.8, 4) is 0 Å². The van der Waals surface area contributed by atoms with Crippen molar-refractivity contribution >= 4 is 29.3 Å². The van der Waals surface area contributed by atoms with Crippen LogP contribution in [0.1, 0.15) is 37.7 Å². The van der Waals surface area contributed by atoms with Crippen LogP contribution >= 0.6 is 0 Å². The Morgan fingerprint density at radius 3 is 2.24 bits per heavy atom. The highest BCUT2D eigenvalue weighted by atomic mass is 16.2. The molecule has 2 saturated heterocycles. The lowest BCUT2D eigenvalue weighted by atomic mass is 9.85. The van der Waals surface area contributed by atoms with Crippen molar-refractivity contribution in [3.63, 3.8) is 0 Å². The number of amides is 4. The molecule has 1 aromatic carbocycles. The molecular weight excluding hydrogens is 370 g/mol. The van der Waals surface area contributed by atoms with Gasteiger partial charge in [0, 0.05) is 38.2 Å². The molecule has 0 spiro atoms. The van der Waals surface area contributed by atoms with Gasteiger partial charge in [-0.1, -0.05) is 24.3 Å². The van der Waals surface area contributed by atoms with Crippen molar-refractivity contribution in [2.24, 2.45) is 11.8 Å². The van der Waals surface area contributed by atoms with Crippen LogP contribution in [-0.4, -0.2) is 41.6 Å². The zero-order valence-corrected chi connectivity index (χ0v) is 16.3. The van der Waals surface area contributed by atoms with E-state index in [1.807, 2.05) is 36.4 Å². The molecule has 4 amide bonds. The lowest BCUT2D eigenvalue weighted by molar-refractivity contribution is -0.140. The first-order chi connectivity index (χ1) is 14.0. The summed E-state index contributed by atoms with van der Waals surface area (Å²) in [6, 6.07) is 7.57. The number of rotatable bonds is 6. The fourth-order valence-corrected chi connectivity index (χ4v) is 4.31. The number of nitrogens with zero attached hydrogens (tertiary/aromatic N) is 2. The Labute approximate surface area is 169 Å². The summed E-state index contributed by atoms with van der Waals surface area (Å²) < 4.78 is 0. The van der Waals surface area contributed by atoms with Gasteiger partial charge in [0.25, 0.3) is 0 Å². The lowest BCUT2D eigenvalue weighted by Gasteiger charge is -2.16. The minimum atomic E-state index is -0.253. The van der Waals surface area contributed by atoms with E-state index >= 15 is 0 Å². The van der Waals surface area contributed by atoms with Crippen LogP contribution in [-0.2, 0) is 25.7 Å². The largest absolute Gasteiger partial charge is 0.352 e. The number of allylic oxidation sites excluding steroid dienone is 2. The molecule has 7 nitrogen and oxygen atoms in total. The minimum absolute atomic E-state index is 0.102. The minimum Gasteiger partial charge on any atom is -0.352 e. The van der Waals surface area contributed by atoms with Gasteiger partial charge >= 0.3 is 0 Å². The topological polar surface area (TPSA) is 86.8 Å². The number of carbonyl (C=O) groups is 4. The van der Waals surface area contributed by atoms with Gasteiger partial charge in [0.15, 0.2) is 0 Å². The molecule has 2 fully saturated rings. The van der Waals surface area contributed by atoms with Gasteiger partial charge in [-0.05, 0) is 37.0 Å². The van der Waals surface area contributed by atoms with Crippen molar-refractivity contribution in [1.29, 1.82) is 0 Å². The first-order valence-corrected chi connectivity index (χ1v) is 10.2. The maximum Gasteiger partial charge on any atom is 0.233 e. The van der Waals surface area contributed by atoms with Crippen molar-refractivity contribution in [3.05, 3.63) is 42.0 Å². The summed E-state index contributed by atoms with van der Waals surface area (Å²) in [4.78, 5) is 51.9. The molecule has 0 aromatic heterocycles. The highest BCUT2D eigenvalue weighted by molar-refractivity contribution is 6.05. The van der Waals surface area contributed by atoms with Crippen molar-refractivity contribution < 1.29 is 19.2 Å². The molecule has 29 heavy (non-hydrogen) atoms. The Hall–Kier alpha value is -2.96. The molecule has 1 N–H and O–H groups in total. The van der Waals surface area contributed by atoms with Crippen LogP contribution in [0.4, 0.5) is 5.69 Å². The Kier molecular flexibility index (Phi) is 5.47. The van der Waals surface area contributed by atoms with Gasteiger partial charge < -0.3 is 10.2 Å². The zero-order valence-electron chi connectivity index (χ0n) is 16.3. The molecule has 2 heterocycles. The second-order valence-corrected chi connectivity index (χ2v) is 7.83. The van der Waals surface area contributed by atoms with Crippen LogP contribution in [0.2, 0.25) is 0 Å². The van der Waals surface area contributed by atoms with Gasteiger partial charge in [-0.25, -0.2) is 0 Å². The van der Waals surface area contributed by atoms with Crippen LogP contribution < -0.4 is 10.2 Å². The number of anilines is 1. The van der Waals surface area contributed by atoms with Gasteiger partial charge in [-0.15, -0.1) is 0 Å². The third-order valence-corrected chi connectivity index (χ3v) is 5.97. The number of fused-ring (bicyclic) bond motifs is 1. The van der Waals surface area contributed by atoms with Crippen LogP contribution in [0.5, 0.6) is 0 Å². The molecule has 7 heteroatoms. The van der Waals surface area contributed by atoms with E-state index in [1.165, 1.54) is 4.90 Å². The maximum atomic E-state index is 12.4. The summed E-state index contributed by atoms with van der Waals surface area (Å²) >= 11 is 0. The number of benzene rings is 1. The number of likely N-dealkylation sites (tertiary alicyclic amines) is 1. The Morgan fingerprint density at radius 2 is 1.66 bits per heavy atom. The van der Waals surface area contributed by atoms with Gasteiger partial charge in [-0.3, -0.25) is 24.1 Å². The molecule has 1 aromatic rings. The third kappa shape index (κ3) is 3.95. The lowest BCUT2D eigenvalue weighted by Crippen LogP contribution is -2.35. The molecule has 3 aliphatic rings. The molecular formula is C22H25N3O4. The summed E-state index contributed by atoms with van der Waals surface area (Å²) in [5, 5.41) is 2.83. The summed E-state index contributed by atoms with van der Waals surface area (Å²) in [6.07, 6.45) is 6.70. The molecule has 0 radical (unpaired) electrons. The van der Waals surface area contributed by atoms with Crippen molar-refractivity contribution in [1.82, 2.24) is 10.2 Å². The van der Waals surface area contributed by atoms with E-state index in [4.69, 9.17) is 0 Å². The smallest absolute Gasteiger partial charge is 0.233 e. The average Bonchev–Trinajstić information content (AvgIpc) is 3.27. The van der Waals surface area contributed by atoms with E-state index in [1.54, 1.807) is 4.90 Å².